The topological polar surface area (TPSA) is 47.3 Å². The molecule has 0 spiro atoms. The maximum absolute atomic E-state index is 5.91. The molecule has 0 aromatic carbocycles. The summed E-state index contributed by atoms with van der Waals surface area (Å²) in [7, 11) is 1.85. The molecule has 3 nitrogen and oxygen atoms in total. The van der Waals surface area contributed by atoms with Gasteiger partial charge in [0.1, 0.15) is 0 Å². The molecule has 1 fully saturated rings. The van der Waals surface area contributed by atoms with Crippen molar-refractivity contribution < 1.29 is 4.74 Å². The van der Waals surface area contributed by atoms with Crippen molar-refractivity contribution in [3.63, 3.8) is 0 Å². The van der Waals surface area contributed by atoms with Crippen molar-refractivity contribution in [2.45, 2.75) is 70.9 Å². The van der Waals surface area contributed by atoms with Gasteiger partial charge in [0.2, 0.25) is 0 Å². The number of hydrazine groups is 1. The van der Waals surface area contributed by atoms with Crippen LogP contribution in [-0.2, 0) is 4.74 Å². The van der Waals surface area contributed by atoms with E-state index >= 15 is 0 Å². The van der Waals surface area contributed by atoms with Crippen LogP contribution in [0.2, 0.25) is 0 Å². The van der Waals surface area contributed by atoms with Crippen LogP contribution in [0.3, 0.4) is 0 Å². The van der Waals surface area contributed by atoms with E-state index in [4.69, 9.17) is 10.6 Å². The fourth-order valence-electron chi connectivity index (χ4n) is 3.19. The number of hydrogen-bond acceptors (Lipinski definition) is 3. The summed E-state index contributed by atoms with van der Waals surface area (Å²) in [4.78, 5) is 0. The third-order valence-corrected chi connectivity index (χ3v) is 4.57. The molecule has 1 saturated carbocycles. The monoisotopic (exact) mass is 242 g/mol. The predicted molar refractivity (Wildman–Crippen MR) is 72.6 cm³/mol. The fraction of sp³-hybridized carbons (Fsp3) is 1.00. The second-order valence-corrected chi connectivity index (χ2v) is 5.94. The average molecular weight is 242 g/mol. The first-order valence-corrected chi connectivity index (χ1v) is 7.09. The second kappa shape index (κ2) is 6.72. The molecule has 0 heterocycles. The lowest BCUT2D eigenvalue weighted by atomic mass is 9.72. The summed E-state index contributed by atoms with van der Waals surface area (Å²) in [5.41, 5.74) is 2.98. The molecule has 1 aliphatic carbocycles. The van der Waals surface area contributed by atoms with Gasteiger partial charge in [-0.25, -0.2) is 0 Å². The van der Waals surface area contributed by atoms with Gasteiger partial charge in [-0.3, -0.25) is 11.3 Å². The molecule has 0 saturated heterocycles. The largest absolute Gasteiger partial charge is 0.377 e. The number of nitrogens with one attached hydrogen (secondary N) is 1. The minimum atomic E-state index is -0.0458. The van der Waals surface area contributed by atoms with E-state index in [-0.39, 0.29) is 11.6 Å². The Hall–Kier alpha value is -0.120. The quantitative estimate of drug-likeness (QED) is 0.556. The third-order valence-electron chi connectivity index (χ3n) is 4.57. The van der Waals surface area contributed by atoms with Gasteiger partial charge < -0.3 is 4.74 Å². The molecule has 0 aromatic heterocycles. The Bertz CT molecular complexity index is 222. The van der Waals surface area contributed by atoms with Crippen LogP contribution in [0, 0.1) is 11.8 Å². The zero-order valence-corrected chi connectivity index (χ0v) is 12.0. The second-order valence-electron chi connectivity index (χ2n) is 5.94. The van der Waals surface area contributed by atoms with Gasteiger partial charge in [0.25, 0.3) is 0 Å². The van der Waals surface area contributed by atoms with Gasteiger partial charge in [-0.15, -0.1) is 0 Å². The standard InChI is InChI=1S/C14H30N2O/c1-5-11(2)9-13(16-15)14(17-4)8-6-7-12(3)10-14/h11-13,16H,5-10,15H2,1-4H3. The van der Waals surface area contributed by atoms with Gasteiger partial charge in [-0.1, -0.05) is 40.0 Å². The molecule has 4 atom stereocenters. The van der Waals surface area contributed by atoms with E-state index in [2.05, 4.69) is 26.2 Å². The van der Waals surface area contributed by atoms with Crippen molar-refractivity contribution in [2.24, 2.45) is 17.7 Å². The number of hydrogen-bond donors (Lipinski definition) is 2. The lowest BCUT2D eigenvalue weighted by molar-refractivity contribution is -0.0837. The molecule has 102 valence electrons. The number of rotatable bonds is 6. The van der Waals surface area contributed by atoms with Gasteiger partial charge in [0.15, 0.2) is 0 Å². The molecule has 0 amide bonds. The van der Waals surface area contributed by atoms with E-state index in [1.165, 1.54) is 19.3 Å². The van der Waals surface area contributed by atoms with Crippen LogP contribution in [0.15, 0.2) is 0 Å². The zero-order chi connectivity index (χ0) is 12.9. The Kier molecular flexibility index (Phi) is 5.90. The smallest absolute Gasteiger partial charge is 0.0847 e. The van der Waals surface area contributed by atoms with Gasteiger partial charge in [0.05, 0.1) is 11.6 Å². The van der Waals surface area contributed by atoms with Gasteiger partial charge >= 0.3 is 0 Å². The van der Waals surface area contributed by atoms with E-state index in [1.54, 1.807) is 0 Å². The Balaban J connectivity index is 2.73. The van der Waals surface area contributed by atoms with Crippen molar-refractivity contribution in [2.75, 3.05) is 7.11 Å². The molecule has 0 aromatic rings. The first-order chi connectivity index (χ1) is 8.07. The average Bonchev–Trinajstić information content (AvgIpc) is 2.35. The number of ether oxygens (including phenoxy) is 1. The van der Waals surface area contributed by atoms with E-state index in [9.17, 15) is 0 Å². The summed E-state index contributed by atoms with van der Waals surface area (Å²) in [5, 5.41) is 0. The van der Waals surface area contributed by atoms with Gasteiger partial charge in [-0.05, 0) is 31.1 Å². The molecule has 0 radical (unpaired) electrons. The highest BCUT2D eigenvalue weighted by Crippen LogP contribution is 2.39. The van der Waals surface area contributed by atoms with Crippen LogP contribution in [0.5, 0.6) is 0 Å². The number of nitrogens with two attached hydrogens (primary N) is 1. The molecule has 3 heteroatoms. The summed E-state index contributed by atoms with van der Waals surface area (Å²) >= 11 is 0. The van der Waals surface area contributed by atoms with Gasteiger partial charge in [0, 0.05) is 7.11 Å². The first-order valence-electron chi connectivity index (χ1n) is 7.09. The molecular weight excluding hydrogens is 212 g/mol. The highest BCUT2D eigenvalue weighted by Gasteiger charge is 2.41. The van der Waals surface area contributed by atoms with E-state index < -0.39 is 0 Å². The summed E-state index contributed by atoms with van der Waals surface area (Å²) < 4.78 is 5.91. The van der Waals surface area contributed by atoms with Crippen molar-refractivity contribution in [3.8, 4) is 0 Å². The maximum Gasteiger partial charge on any atom is 0.0847 e. The van der Waals surface area contributed by atoms with E-state index in [0.29, 0.717) is 5.92 Å². The summed E-state index contributed by atoms with van der Waals surface area (Å²) in [6, 6.07) is 0.283. The molecule has 3 N–H and O–H groups in total. The van der Waals surface area contributed by atoms with Crippen LogP contribution >= 0.6 is 0 Å². The lowest BCUT2D eigenvalue weighted by Crippen LogP contribution is -2.57. The maximum atomic E-state index is 5.91. The summed E-state index contributed by atoms with van der Waals surface area (Å²) in [6.07, 6.45) is 7.16. The molecular formula is C14H30N2O. The first kappa shape index (κ1) is 14.9. The highest BCUT2D eigenvalue weighted by atomic mass is 16.5. The molecule has 1 rings (SSSR count). The highest BCUT2D eigenvalue weighted by molar-refractivity contribution is 4.96. The van der Waals surface area contributed by atoms with E-state index in [0.717, 1.165) is 25.2 Å². The van der Waals surface area contributed by atoms with Crippen molar-refractivity contribution in [3.05, 3.63) is 0 Å². The Morgan fingerprint density at radius 1 is 1.53 bits per heavy atom. The van der Waals surface area contributed by atoms with Crippen molar-refractivity contribution in [1.82, 2.24) is 5.43 Å². The molecule has 1 aliphatic rings. The summed E-state index contributed by atoms with van der Waals surface area (Å²) in [5.74, 6) is 7.22. The number of methoxy groups -OCH3 is 1. The normalized spacial score (nSPS) is 33.4. The van der Waals surface area contributed by atoms with Crippen LogP contribution in [-0.4, -0.2) is 18.8 Å². The summed E-state index contributed by atoms with van der Waals surface area (Å²) in [6.45, 7) is 6.85. The van der Waals surface area contributed by atoms with Crippen LogP contribution in [0.25, 0.3) is 0 Å². The third kappa shape index (κ3) is 3.67. The van der Waals surface area contributed by atoms with Crippen molar-refractivity contribution >= 4 is 0 Å². The van der Waals surface area contributed by atoms with E-state index in [1.807, 2.05) is 7.11 Å². The Morgan fingerprint density at radius 2 is 2.24 bits per heavy atom. The zero-order valence-electron chi connectivity index (χ0n) is 12.0. The molecule has 4 unspecified atom stereocenters. The Labute approximate surface area is 106 Å². The van der Waals surface area contributed by atoms with Crippen LogP contribution in [0.1, 0.15) is 59.3 Å². The van der Waals surface area contributed by atoms with Crippen LogP contribution in [0.4, 0.5) is 0 Å². The van der Waals surface area contributed by atoms with Gasteiger partial charge in [-0.2, -0.15) is 0 Å². The molecule has 17 heavy (non-hydrogen) atoms. The van der Waals surface area contributed by atoms with Crippen molar-refractivity contribution in [1.29, 1.82) is 0 Å². The van der Waals surface area contributed by atoms with Crippen LogP contribution < -0.4 is 11.3 Å². The minimum Gasteiger partial charge on any atom is -0.377 e. The minimum absolute atomic E-state index is 0.0458. The fourth-order valence-corrected chi connectivity index (χ4v) is 3.19. The lowest BCUT2D eigenvalue weighted by Gasteiger charge is -2.45. The SMILES string of the molecule is CCC(C)CC(NN)C1(OC)CCCC(C)C1. The molecule has 0 aliphatic heterocycles. The Morgan fingerprint density at radius 3 is 2.71 bits per heavy atom. The predicted octanol–water partition coefficient (Wildman–Crippen LogP) is 2.85. The molecule has 0 bridgehead atoms.